The van der Waals surface area contributed by atoms with Crippen LogP contribution in [0.15, 0.2) is 0 Å². The molecule has 0 radical (unpaired) electrons. The van der Waals surface area contributed by atoms with E-state index in [2.05, 4.69) is 0 Å². The Hall–Kier alpha value is -3.70. The molecule has 0 saturated carbocycles. The molecule has 12 heteroatoms. The lowest BCUT2D eigenvalue weighted by molar-refractivity contribution is 0.0664. The van der Waals surface area contributed by atoms with Crippen LogP contribution >= 0.6 is 0 Å². The van der Waals surface area contributed by atoms with Crippen molar-refractivity contribution in [2.45, 2.75) is 0 Å². The van der Waals surface area contributed by atoms with Crippen LogP contribution in [0.25, 0.3) is 10.8 Å². The third-order valence-corrected chi connectivity index (χ3v) is 3.37. The minimum atomic E-state index is -2.38. The Morgan fingerprint density at radius 3 is 0.731 bits per heavy atom. The molecule has 0 amide bonds. The molecule has 0 spiro atoms. The van der Waals surface area contributed by atoms with Crippen LogP contribution in [0.1, 0.15) is 41.4 Å². The minimum Gasteiger partial charge on any atom is -0.478 e. The first kappa shape index (κ1) is 18.6. The Kier molecular flexibility index (Phi) is 4.29. The molecule has 2 aromatic rings. The van der Waals surface area contributed by atoms with E-state index in [9.17, 15) is 36.7 Å². The van der Waals surface area contributed by atoms with E-state index < -0.39 is 80.2 Å². The number of benzene rings is 2. The van der Waals surface area contributed by atoms with E-state index in [1.807, 2.05) is 0 Å². The first-order chi connectivity index (χ1) is 11.9. The van der Waals surface area contributed by atoms with Crippen molar-refractivity contribution in [1.29, 1.82) is 0 Å². The fourth-order valence-electron chi connectivity index (χ4n) is 2.43. The number of aromatic carboxylic acids is 4. The van der Waals surface area contributed by atoms with Crippen LogP contribution in [0.4, 0.5) is 17.6 Å². The van der Waals surface area contributed by atoms with Gasteiger partial charge in [0.05, 0.1) is 0 Å². The van der Waals surface area contributed by atoms with E-state index >= 15 is 0 Å². The molecule has 0 aliphatic carbocycles. The van der Waals surface area contributed by atoms with Crippen LogP contribution in [-0.4, -0.2) is 44.3 Å². The second-order valence-electron chi connectivity index (χ2n) is 4.73. The highest BCUT2D eigenvalue weighted by molar-refractivity contribution is 6.22. The zero-order valence-corrected chi connectivity index (χ0v) is 11.9. The van der Waals surface area contributed by atoms with E-state index in [1.165, 1.54) is 0 Å². The van der Waals surface area contributed by atoms with E-state index in [0.29, 0.717) is 0 Å². The lowest BCUT2D eigenvalue weighted by atomic mass is 9.89. The Labute approximate surface area is 138 Å². The lowest BCUT2D eigenvalue weighted by Gasteiger charge is -2.15. The number of rotatable bonds is 4. The van der Waals surface area contributed by atoms with Crippen LogP contribution in [0.3, 0.4) is 0 Å². The summed E-state index contributed by atoms with van der Waals surface area (Å²) in [7, 11) is 0. The molecule has 0 unspecified atom stereocenters. The number of carboxylic acid groups (broad SMARTS) is 4. The van der Waals surface area contributed by atoms with Crippen molar-refractivity contribution in [2.24, 2.45) is 0 Å². The highest BCUT2D eigenvalue weighted by atomic mass is 19.2. The molecule has 0 fully saturated rings. The monoisotopic (exact) mass is 376 g/mol. The molecule has 136 valence electrons. The zero-order valence-electron chi connectivity index (χ0n) is 11.9. The van der Waals surface area contributed by atoms with Gasteiger partial charge in [0.1, 0.15) is 22.3 Å². The lowest BCUT2D eigenvalue weighted by Crippen LogP contribution is -2.19. The molecule has 0 heterocycles. The zero-order chi connectivity index (χ0) is 20.1. The van der Waals surface area contributed by atoms with Gasteiger partial charge >= 0.3 is 23.9 Å². The molecule has 2 rings (SSSR count). The quantitative estimate of drug-likeness (QED) is 0.593. The van der Waals surface area contributed by atoms with Gasteiger partial charge in [-0.1, -0.05) is 0 Å². The normalized spacial score (nSPS) is 10.8. The predicted molar refractivity (Wildman–Crippen MR) is 71.6 cm³/mol. The number of hydrogen-bond donors (Lipinski definition) is 4. The van der Waals surface area contributed by atoms with Crippen LogP contribution in [0.5, 0.6) is 0 Å². The Morgan fingerprint density at radius 1 is 0.462 bits per heavy atom. The highest BCUT2D eigenvalue weighted by Crippen LogP contribution is 2.37. The average molecular weight is 376 g/mol. The molecule has 0 aliphatic rings. The molecule has 4 N–H and O–H groups in total. The average Bonchev–Trinajstić information content (AvgIpc) is 2.49. The van der Waals surface area contributed by atoms with Crippen LogP contribution in [0, 0.1) is 23.3 Å². The summed E-state index contributed by atoms with van der Waals surface area (Å²) in [6.45, 7) is 0. The first-order valence-corrected chi connectivity index (χ1v) is 6.22. The van der Waals surface area contributed by atoms with Gasteiger partial charge in [0.15, 0.2) is 23.3 Å². The van der Waals surface area contributed by atoms with Crippen LogP contribution < -0.4 is 0 Å². The summed E-state index contributed by atoms with van der Waals surface area (Å²) in [4.78, 5) is 44.8. The van der Waals surface area contributed by atoms with Gasteiger partial charge in [-0.15, -0.1) is 0 Å². The molecular weight excluding hydrogens is 372 g/mol. The highest BCUT2D eigenvalue weighted by Gasteiger charge is 2.37. The number of hydrogen-bond acceptors (Lipinski definition) is 4. The summed E-state index contributed by atoms with van der Waals surface area (Å²) in [5, 5.41) is 32.8. The number of carboxylic acids is 4. The number of fused-ring (bicyclic) bond motifs is 1. The fraction of sp³-hybridized carbons (Fsp3) is 0. The minimum absolute atomic E-state index is 1.61. The fourth-order valence-corrected chi connectivity index (χ4v) is 2.43. The van der Waals surface area contributed by atoms with Crippen molar-refractivity contribution in [3.05, 3.63) is 45.5 Å². The maximum absolute atomic E-state index is 14.0. The van der Waals surface area contributed by atoms with E-state index in [1.54, 1.807) is 0 Å². The summed E-state index contributed by atoms with van der Waals surface area (Å²) < 4.78 is 56.1. The van der Waals surface area contributed by atoms with Gasteiger partial charge in [-0.2, -0.15) is 0 Å². The number of carbonyl (C=O) groups is 4. The largest absolute Gasteiger partial charge is 0.478 e. The first-order valence-electron chi connectivity index (χ1n) is 6.22. The van der Waals surface area contributed by atoms with Gasteiger partial charge < -0.3 is 20.4 Å². The predicted octanol–water partition coefficient (Wildman–Crippen LogP) is 2.19. The standard InChI is InChI=1S/C14H4F4O8/c15-7-3(11(19)20)1-2(5(9(7)17)13(23)24)6(14(25)26)10(18)8(16)4(1)12(21)22/h(H,19,20)(H,21,22)(H,23,24)(H,25,26). The van der Waals surface area contributed by atoms with Gasteiger partial charge in [0, 0.05) is 10.8 Å². The summed E-state index contributed by atoms with van der Waals surface area (Å²) in [5.41, 5.74) is -7.44. The smallest absolute Gasteiger partial charge is 0.339 e. The van der Waals surface area contributed by atoms with Crippen LogP contribution in [0.2, 0.25) is 0 Å². The van der Waals surface area contributed by atoms with Gasteiger partial charge in [-0.25, -0.2) is 36.7 Å². The molecule has 0 atom stereocenters. The summed E-state index contributed by atoms with van der Waals surface area (Å²) in [6.07, 6.45) is 0. The summed E-state index contributed by atoms with van der Waals surface area (Å²) in [6, 6.07) is 0. The van der Waals surface area contributed by atoms with E-state index in [0.717, 1.165) is 0 Å². The SMILES string of the molecule is O=C(O)c1c(F)c(F)c(C(=O)O)c2c(C(=O)O)c(F)c(F)c(C(=O)O)c12. The van der Waals surface area contributed by atoms with Gasteiger partial charge in [0.2, 0.25) is 0 Å². The molecule has 26 heavy (non-hydrogen) atoms. The molecule has 2 aromatic carbocycles. The molecule has 8 nitrogen and oxygen atoms in total. The van der Waals surface area contributed by atoms with Crippen molar-refractivity contribution in [2.75, 3.05) is 0 Å². The molecule has 0 bridgehead atoms. The van der Waals surface area contributed by atoms with Crippen molar-refractivity contribution in [3.8, 4) is 0 Å². The van der Waals surface area contributed by atoms with E-state index in [-0.39, 0.29) is 0 Å². The molecule has 0 saturated heterocycles. The van der Waals surface area contributed by atoms with Crippen molar-refractivity contribution >= 4 is 34.6 Å². The second-order valence-corrected chi connectivity index (χ2v) is 4.73. The molecule has 0 aliphatic heterocycles. The maximum Gasteiger partial charge on any atom is 0.339 e. The third-order valence-electron chi connectivity index (χ3n) is 3.37. The Balaban J connectivity index is 3.51. The summed E-state index contributed by atoms with van der Waals surface area (Å²) >= 11 is 0. The maximum atomic E-state index is 14.0. The van der Waals surface area contributed by atoms with Gasteiger partial charge in [0.25, 0.3) is 0 Å². The Morgan fingerprint density at radius 2 is 0.615 bits per heavy atom. The second kappa shape index (κ2) is 5.98. The number of halogens is 4. The van der Waals surface area contributed by atoms with Gasteiger partial charge in [-0.05, 0) is 0 Å². The van der Waals surface area contributed by atoms with Crippen molar-refractivity contribution in [1.82, 2.24) is 0 Å². The van der Waals surface area contributed by atoms with Crippen LogP contribution in [-0.2, 0) is 0 Å². The molecular formula is C14H4F4O8. The van der Waals surface area contributed by atoms with Crippen molar-refractivity contribution < 1.29 is 57.2 Å². The van der Waals surface area contributed by atoms with Crippen molar-refractivity contribution in [3.63, 3.8) is 0 Å². The topological polar surface area (TPSA) is 149 Å². The van der Waals surface area contributed by atoms with Gasteiger partial charge in [-0.3, -0.25) is 0 Å². The van der Waals surface area contributed by atoms with E-state index in [4.69, 9.17) is 20.4 Å². The molecule has 0 aromatic heterocycles. The Bertz CT molecular complexity index is 883. The summed E-state index contributed by atoms with van der Waals surface area (Å²) in [5.74, 6) is -19.0. The third kappa shape index (κ3) is 2.39.